The number of nitrogens with zero attached hydrogens (tertiary/aromatic N) is 1. The van der Waals surface area contributed by atoms with Crippen molar-refractivity contribution in [2.24, 2.45) is 10.7 Å². The average Bonchev–Trinajstić information content (AvgIpc) is 3.32. The zero-order valence-electron chi connectivity index (χ0n) is 14.0. The van der Waals surface area contributed by atoms with Gasteiger partial charge >= 0.3 is 0 Å². The molecule has 4 N–H and O–H groups in total. The number of hydrogen-bond acceptors (Lipinski definition) is 4. The van der Waals surface area contributed by atoms with Crippen LogP contribution in [0.4, 0.5) is 5.69 Å². The minimum atomic E-state index is -0.120. The van der Waals surface area contributed by atoms with Crippen molar-refractivity contribution in [1.29, 1.82) is 0 Å². The molecule has 1 amide bonds. The largest absolute Gasteiger partial charge is 0.494 e. The normalized spacial score (nSPS) is 13.7. The minimum Gasteiger partial charge on any atom is -0.494 e. The molecule has 1 aliphatic carbocycles. The van der Waals surface area contributed by atoms with E-state index in [0.717, 1.165) is 12.8 Å². The lowest BCUT2D eigenvalue weighted by atomic mass is 10.2. The Bertz CT molecular complexity index is 576. The van der Waals surface area contributed by atoms with Crippen LogP contribution in [0.25, 0.3) is 0 Å². The summed E-state index contributed by atoms with van der Waals surface area (Å²) in [7, 11) is 0. The Morgan fingerprint density at radius 2 is 2.00 bits per heavy atom. The first kappa shape index (κ1) is 20.3. The Morgan fingerprint density at radius 3 is 2.62 bits per heavy atom. The van der Waals surface area contributed by atoms with Crippen molar-refractivity contribution in [2.75, 3.05) is 25.1 Å². The van der Waals surface area contributed by atoms with E-state index >= 15 is 0 Å². The van der Waals surface area contributed by atoms with Crippen LogP contribution in [-0.2, 0) is 4.79 Å². The summed E-state index contributed by atoms with van der Waals surface area (Å²) < 4.78 is 11.0. The lowest BCUT2D eigenvalue weighted by molar-refractivity contribution is -0.119. The molecular formula is C16H25IN4O3. The molecule has 0 spiro atoms. The van der Waals surface area contributed by atoms with Crippen molar-refractivity contribution in [1.82, 2.24) is 5.32 Å². The molecule has 8 heteroatoms. The van der Waals surface area contributed by atoms with E-state index in [-0.39, 0.29) is 42.4 Å². The lowest BCUT2D eigenvalue weighted by Crippen LogP contribution is -2.30. The van der Waals surface area contributed by atoms with Crippen molar-refractivity contribution >= 4 is 41.5 Å². The first-order chi connectivity index (χ1) is 11.1. The van der Waals surface area contributed by atoms with Crippen LogP contribution in [-0.4, -0.2) is 37.7 Å². The molecule has 1 aromatic carbocycles. The van der Waals surface area contributed by atoms with E-state index in [0.29, 0.717) is 36.4 Å². The number of benzene rings is 1. The van der Waals surface area contributed by atoms with Crippen LogP contribution in [0.3, 0.4) is 0 Å². The Balaban J connectivity index is 0.00000288. The number of aliphatic imine (C=N–C) groups is 1. The summed E-state index contributed by atoms with van der Waals surface area (Å²) in [6.45, 7) is 4.92. The summed E-state index contributed by atoms with van der Waals surface area (Å²) >= 11 is 0. The van der Waals surface area contributed by atoms with Gasteiger partial charge in [-0.05, 0) is 38.8 Å². The number of rotatable bonds is 8. The van der Waals surface area contributed by atoms with Crippen LogP contribution in [0.2, 0.25) is 0 Å². The Kier molecular flexibility index (Phi) is 8.66. The Morgan fingerprint density at radius 1 is 1.29 bits per heavy atom. The molecule has 0 heterocycles. The average molecular weight is 448 g/mol. The van der Waals surface area contributed by atoms with Crippen LogP contribution in [0.5, 0.6) is 11.5 Å². The summed E-state index contributed by atoms with van der Waals surface area (Å²) in [6, 6.07) is 5.75. The van der Waals surface area contributed by atoms with Crippen molar-refractivity contribution in [3.8, 4) is 11.5 Å². The van der Waals surface area contributed by atoms with Gasteiger partial charge in [0.05, 0.1) is 18.9 Å². The fourth-order valence-electron chi connectivity index (χ4n) is 1.98. The second kappa shape index (κ2) is 10.2. The van der Waals surface area contributed by atoms with Gasteiger partial charge in [-0.2, -0.15) is 0 Å². The number of halogens is 1. The number of nitrogens with one attached hydrogen (secondary N) is 2. The van der Waals surface area contributed by atoms with Gasteiger partial charge in [0.1, 0.15) is 18.0 Å². The summed E-state index contributed by atoms with van der Waals surface area (Å²) in [5, 5.41) is 5.82. The second-order valence-electron chi connectivity index (χ2n) is 5.19. The monoisotopic (exact) mass is 448 g/mol. The molecular weight excluding hydrogens is 423 g/mol. The molecule has 0 radical (unpaired) electrons. The molecule has 7 nitrogen and oxygen atoms in total. The van der Waals surface area contributed by atoms with Crippen molar-refractivity contribution in [2.45, 2.75) is 32.7 Å². The molecule has 0 saturated heterocycles. The number of anilines is 1. The Hall–Kier alpha value is -1.71. The zero-order chi connectivity index (χ0) is 16.7. The molecule has 0 unspecified atom stereocenters. The minimum absolute atomic E-state index is 0. The van der Waals surface area contributed by atoms with E-state index in [1.807, 2.05) is 26.0 Å². The quantitative estimate of drug-likeness (QED) is 0.322. The van der Waals surface area contributed by atoms with Gasteiger partial charge in [0.2, 0.25) is 5.91 Å². The molecule has 1 aliphatic rings. The van der Waals surface area contributed by atoms with Gasteiger partial charge in [-0.1, -0.05) is 0 Å². The van der Waals surface area contributed by atoms with E-state index in [1.165, 1.54) is 0 Å². The Labute approximate surface area is 159 Å². The highest BCUT2D eigenvalue weighted by Crippen LogP contribution is 2.29. The SMILES string of the molecule is CCOc1ccc(OCC)c(NC(N)=NCC(=O)NC2CC2)c1.I. The highest BCUT2D eigenvalue weighted by atomic mass is 127. The molecule has 1 saturated carbocycles. The molecule has 134 valence electrons. The predicted molar refractivity (Wildman–Crippen MR) is 105 cm³/mol. The summed E-state index contributed by atoms with van der Waals surface area (Å²) in [6.07, 6.45) is 2.09. The van der Waals surface area contributed by atoms with Crippen LogP contribution in [0, 0.1) is 0 Å². The molecule has 0 aliphatic heterocycles. The first-order valence-corrected chi connectivity index (χ1v) is 7.88. The third-order valence-electron chi connectivity index (χ3n) is 3.16. The fourth-order valence-corrected chi connectivity index (χ4v) is 1.98. The third kappa shape index (κ3) is 6.81. The molecule has 1 fully saturated rings. The van der Waals surface area contributed by atoms with Gasteiger partial charge in [-0.3, -0.25) is 4.79 Å². The molecule has 0 atom stereocenters. The maximum Gasteiger partial charge on any atom is 0.242 e. The van der Waals surface area contributed by atoms with E-state index < -0.39 is 0 Å². The van der Waals surface area contributed by atoms with E-state index in [9.17, 15) is 4.79 Å². The van der Waals surface area contributed by atoms with Crippen molar-refractivity contribution in [3.05, 3.63) is 18.2 Å². The fraction of sp³-hybridized carbons (Fsp3) is 0.500. The van der Waals surface area contributed by atoms with Gasteiger partial charge in [-0.15, -0.1) is 24.0 Å². The number of nitrogens with two attached hydrogens (primary N) is 1. The predicted octanol–water partition coefficient (Wildman–Crippen LogP) is 2.11. The molecule has 1 aromatic rings. The first-order valence-electron chi connectivity index (χ1n) is 7.88. The van der Waals surface area contributed by atoms with Gasteiger partial charge < -0.3 is 25.8 Å². The molecule has 0 aromatic heterocycles. The molecule has 24 heavy (non-hydrogen) atoms. The summed E-state index contributed by atoms with van der Waals surface area (Å²) in [4.78, 5) is 15.7. The van der Waals surface area contributed by atoms with Crippen LogP contribution in [0.1, 0.15) is 26.7 Å². The van der Waals surface area contributed by atoms with E-state index in [1.54, 1.807) is 6.07 Å². The maximum absolute atomic E-state index is 11.6. The smallest absolute Gasteiger partial charge is 0.242 e. The second-order valence-corrected chi connectivity index (χ2v) is 5.19. The number of hydrogen-bond donors (Lipinski definition) is 3. The summed E-state index contributed by atoms with van der Waals surface area (Å²) in [5.41, 5.74) is 6.51. The van der Waals surface area contributed by atoms with E-state index in [4.69, 9.17) is 15.2 Å². The van der Waals surface area contributed by atoms with Crippen LogP contribution >= 0.6 is 24.0 Å². The maximum atomic E-state index is 11.6. The molecule has 0 bridgehead atoms. The van der Waals surface area contributed by atoms with Crippen molar-refractivity contribution < 1.29 is 14.3 Å². The van der Waals surface area contributed by atoms with Gasteiger partial charge in [-0.25, -0.2) is 4.99 Å². The molecule has 2 rings (SSSR count). The third-order valence-corrected chi connectivity index (χ3v) is 3.16. The highest BCUT2D eigenvalue weighted by Gasteiger charge is 2.22. The zero-order valence-corrected chi connectivity index (χ0v) is 16.3. The number of carbonyl (C=O) groups is 1. The van der Waals surface area contributed by atoms with Crippen LogP contribution in [0.15, 0.2) is 23.2 Å². The van der Waals surface area contributed by atoms with Crippen LogP contribution < -0.4 is 25.8 Å². The van der Waals surface area contributed by atoms with Gasteiger partial charge in [0.25, 0.3) is 0 Å². The highest BCUT2D eigenvalue weighted by molar-refractivity contribution is 14.0. The number of carbonyl (C=O) groups excluding carboxylic acids is 1. The number of ether oxygens (including phenoxy) is 2. The number of guanidine groups is 1. The topological polar surface area (TPSA) is 98.0 Å². The van der Waals surface area contributed by atoms with Crippen molar-refractivity contribution in [3.63, 3.8) is 0 Å². The lowest BCUT2D eigenvalue weighted by Gasteiger charge is -2.14. The summed E-state index contributed by atoms with van der Waals surface area (Å²) in [5.74, 6) is 1.39. The number of amides is 1. The van der Waals surface area contributed by atoms with Gasteiger partial charge in [0.15, 0.2) is 5.96 Å². The standard InChI is InChI=1S/C16H24N4O3.HI/c1-3-22-12-7-8-14(23-4-2)13(9-12)20-16(17)18-10-15(21)19-11-5-6-11;/h7-9,11H,3-6,10H2,1-2H3,(H,19,21)(H3,17,18,20);1H. The van der Waals surface area contributed by atoms with Gasteiger partial charge in [0, 0.05) is 12.1 Å². The van der Waals surface area contributed by atoms with E-state index in [2.05, 4.69) is 15.6 Å².